The maximum Gasteiger partial charge on any atom is 0.262 e. The van der Waals surface area contributed by atoms with E-state index in [-0.39, 0.29) is 23.4 Å². The molecular formula is C22H18N4O2S2. The number of rotatable bonds is 3. The van der Waals surface area contributed by atoms with Gasteiger partial charge in [-0.3, -0.25) is 9.36 Å². The third-order valence-corrected chi connectivity index (χ3v) is 7.73. The van der Waals surface area contributed by atoms with E-state index in [1.165, 1.54) is 27.1 Å². The van der Waals surface area contributed by atoms with Crippen LogP contribution in [0.4, 0.5) is 0 Å². The van der Waals surface area contributed by atoms with Crippen molar-refractivity contribution in [3.05, 3.63) is 62.2 Å². The van der Waals surface area contributed by atoms with Crippen LogP contribution in [0.5, 0.6) is 0 Å². The lowest BCUT2D eigenvalue weighted by molar-refractivity contribution is 0.376. The topological polar surface area (TPSA) is 91.8 Å². The van der Waals surface area contributed by atoms with Gasteiger partial charge >= 0.3 is 0 Å². The van der Waals surface area contributed by atoms with Crippen molar-refractivity contribution in [3.63, 3.8) is 0 Å². The second kappa shape index (κ2) is 7.35. The third-order valence-electron chi connectivity index (χ3n) is 5.51. The van der Waals surface area contributed by atoms with E-state index in [9.17, 15) is 15.2 Å². The smallest absolute Gasteiger partial charge is 0.262 e. The molecule has 5 rings (SSSR count). The van der Waals surface area contributed by atoms with Crippen LogP contribution in [0.2, 0.25) is 0 Å². The SMILES string of the molecule is CC1CCc2c(sc3ncn(C/C(O)=C(\C#N)c4nc5ccccc5s4)c(=O)c23)C1. The molecule has 150 valence electrons. The molecule has 0 amide bonds. The second-order valence-corrected chi connectivity index (χ2v) is 9.74. The largest absolute Gasteiger partial charge is 0.509 e. The number of aliphatic hydroxyl groups is 1. The van der Waals surface area contributed by atoms with Crippen LogP contribution in [-0.2, 0) is 19.4 Å². The molecule has 1 aliphatic rings. The minimum Gasteiger partial charge on any atom is -0.509 e. The maximum absolute atomic E-state index is 13.2. The fraction of sp³-hybridized carbons (Fsp3) is 0.273. The molecule has 4 aromatic rings. The molecule has 1 atom stereocenters. The van der Waals surface area contributed by atoms with Crippen LogP contribution < -0.4 is 5.56 Å². The first kappa shape index (κ1) is 19.0. The van der Waals surface area contributed by atoms with Crippen LogP contribution in [0.25, 0.3) is 26.0 Å². The number of fused-ring (bicyclic) bond motifs is 4. The lowest BCUT2D eigenvalue weighted by Crippen LogP contribution is -2.22. The zero-order valence-electron chi connectivity index (χ0n) is 16.3. The van der Waals surface area contributed by atoms with Crippen molar-refractivity contribution in [2.45, 2.75) is 32.7 Å². The van der Waals surface area contributed by atoms with Gasteiger partial charge in [0.25, 0.3) is 5.56 Å². The summed E-state index contributed by atoms with van der Waals surface area (Å²) in [5.41, 5.74) is 1.80. The van der Waals surface area contributed by atoms with Crippen molar-refractivity contribution >= 4 is 48.7 Å². The number of benzene rings is 1. The molecule has 8 heteroatoms. The summed E-state index contributed by atoms with van der Waals surface area (Å²) in [6.07, 6.45) is 4.39. The fourth-order valence-corrected chi connectivity index (χ4v) is 6.26. The predicted molar refractivity (Wildman–Crippen MR) is 120 cm³/mol. The molecule has 6 nitrogen and oxygen atoms in total. The van der Waals surface area contributed by atoms with E-state index in [0.717, 1.165) is 39.9 Å². The number of aryl methyl sites for hydroxylation is 1. The molecule has 3 aromatic heterocycles. The van der Waals surface area contributed by atoms with E-state index >= 15 is 0 Å². The molecule has 0 aliphatic heterocycles. The maximum atomic E-state index is 13.2. The number of nitrogens with zero attached hydrogens (tertiary/aromatic N) is 4. The van der Waals surface area contributed by atoms with Gasteiger partial charge in [-0.2, -0.15) is 5.26 Å². The molecule has 0 fully saturated rings. The molecule has 0 radical (unpaired) electrons. The predicted octanol–water partition coefficient (Wildman–Crippen LogP) is 4.69. The zero-order valence-corrected chi connectivity index (χ0v) is 17.9. The highest BCUT2D eigenvalue weighted by molar-refractivity contribution is 7.19. The molecule has 0 saturated carbocycles. The fourth-order valence-electron chi connectivity index (χ4n) is 3.93. The number of hydrogen-bond acceptors (Lipinski definition) is 7. The molecule has 1 aromatic carbocycles. The lowest BCUT2D eigenvalue weighted by atomic mass is 9.89. The summed E-state index contributed by atoms with van der Waals surface area (Å²) in [6, 6.07) is 9.62. The summed E-state index contributed by atoms with van der Waals surface area (Å²) in [5, 5.41) is 21.4. The van der Waals surface area contributed by atoms with Crippen LogP contribution >= 0.6 is 22.7 Å². The quantitative estimate of drug-likeness (QED) is 0.373. The van der Waals surface area contributed by atoms with Gasteiger partial charge in [-0.25, -0.2) is 9.97 Å². The number of hydrogen-bond donors (Lipinski definition) is 1. The summed E-state index contributed by atoms with van der Waals surface area (Å²) in [6.45, 7) is 2.12. The van der Waals surface area contributed by atoms with E-state index in [1.807, 2.05) is 30.3 Å². The standard InChI is InChI=1S/C22H18N4O2S2/c1-12-6-7-13-18(8-12)30-21-19(13)22(28)26(11-24-21)10-16(27)14(9-23)20-25-15-4-2-3-5-17(15)29-20/h2-5,11-12,27H,6-8,10H2,1H3/b16-14-. The minimum absolute atomic E-state index is 0.0874. The van der Waals surface area contributed by atoms with Crippen LogP contribution in [0.3, 0.4) is 0 Å². The Bertz CT molecular complexity index is 1390. The van der Waals surface area contributed by atoms with E-state index in [2.05, 4.69) is 16.9 Å². The van der Waals surface area contributed by atoms with Crippen LogP contribution in [0.1, 0.15) is 28.8 Å². The molecule has 1 N–H and O–H groups in total. The highest BCUT2D eigenvalue weighted by Gasteiger charge is 2.23. The van der Waals surface area contributed by atoms with E-state index in [1.54, 1.807) is 11.3 Å². The normalized spacial score (nSPS) is 17.0. The molecule has 1 unspecified atom stereocenters. The lowest BCUT2D eigenvalue weighted by Gasteiger charge is -2.17. The van der Waals surface area contributed by atoms with Gasteiger partial charge in [0.2, 0.25) is 0 Å². The zero-order chi connectivity index (χ0) is 20.8. The van der Waals surface area contributed by atoms with Gasteiger partial charge in [0.05, 0.1) is 28.5 Å². The van der Waals surface area contributed by atoms with Crippen molar-refractivity contribution < 1.29 is 5.11 Å². The van der Waals surface area contributed by atoms with Crippen molar-refractivity contribution in [2.75, 3.05) is 0 Å². The molecule has 0 saturated heterocycles. The number of para-hydroxylation sites is 1. The first-order valence-corrected chi connectivity index (χ1v) is 11.4. The number of aromatic nitrogens is 3. The van der Waals surface area contributed by atoms with Gasteiger partial charge in [0, 0.05) is 4.88 Å². The Morgan fingerprint density at radius 1 is 1.37 bits per heavy atom. The number of aliphatic hydroxyl groups excluding tert-OH is 1. The van der Waals surface area contributed by atoms with E-state index in [4.69, 9.17) is 0 Å². The summed E-state index contributed by atoms with van der Waals surface area (Å²) in [5.74, 6) is 0.435. The molecule has 1 aliphatic carbocycles. The van der Waals surface area contributed by atoms with Crippen LogP contribution in [0, 0.1) is 17.2 Å². The molecular weight excluding hydrogens is 416 g/mol. The molecule has 3 heterocycles. The second-order valence-electron chi connectivity index (χ2n) is 7.63. The van der Waals surface area contributed by atoms with Gasteiger partial charge < -0.3 is 5.11 Å². The Kier molecular flexibility index (Phi) is 4.65. The third kappa shape index (κ3) is 3.11. The van der Waals surface area contributed by atoms with E-state index < -0.39 is 0 Å². The molecule has 0 spiro atoms. The first-order chi connectivity index (χ1) is 14.5. The van der Waals surface area contributed by atoms with Crippen molar-refractivity contribution in [1.29, 1.82) is 5.26 Å². The summed E-state index contributed by atoms with van der Waals surface area (Å²) >= 11 is 2.94. The molecule has 0 bridgehead atoms. The molecule has 30 heavy (non-hydrogen) atoms. The highest BCUT2D eigenvalue weighted by Crippen LogP contribution is 2.35. The number of thiazole rings is 1. The van der Waals surface area contributed by atoms with Gasteiger partial charge in [-0.05, 0) is 42.9 Å². The Labute approximate surface area is 180 Å². The van der Waals surface area contributed by atoms with Gasteiger partial charge in [0.1, 0.15) is 27.2 Å². The van der Waals surface area contributed by atoms with Gasteiger partial charge in [-0.15, -0.1) is 22.7 Å². The summed E-state index contributed by atoms with van der Waals surface area (Å²) in [7, 11) is 0. The summed E-state index contributed by atoms with van der Waals surface area (Å²) in [4.78, 5) is 24.1. The first-order valence-electron chi connectivity index (χ1n) is 9.73. The van der Waals surface area contributed by atoms with Gasteiger partial charge in [0.15, 0.2) is 0 Å². The monoisotopic (exact) mass is 434 g/mol. The average molecular weight is 435 g/mol. The van der Waals surface area contributed by atoms with Crippen molar-refractivity contribution in [3.8, 4) is 6.07 Å². The number of nitriles is 1. The van der Waals surface area contributed by atoms with Crippen LogP contribution in [0.15, 0.2) is 41.1 Å². The van der Waals surface area contributed by atoms with E-state index in [0.29, 0.717) is 16.3 Å². The number of thiophene rings is 1. The Balaban J connectivity index is 1.56. The Morgan fingerprint density at radius 2 is 2.20 bits per heavy atom. The van der Waals surface area contributed by atoms with Crippen LogP contribution in [-0.4, -0.2) is 19.6 Å². The van der Waals surface area contributed by atoms with Crippen molar-refractivity contribution in [2.24, 2.45) is 5.92 Å². The van der Waals surface area contributed by atoms with Crippen molar-refractivity contribution in [1.82, 2.24) is 14.5 Å². The minimum atomic E-state index is -0.183. The Morgan fingerprint density at radius 3 is 3.00 bits per heavy atom. The number of allylic oxidation sites excluding steroid dienone is 2. The summed E-state index contributed by atoms with van der Waals surface area (Å²) < 4.78 is 2.32. The highest BCUT2D eigenvalue weighted by atomic mass is 32.1. The average Bonchev–Trinajstić information content (AvgIpc) is 3.31. The van der Waals surface area contributed by atoms with Gasteiger partial charge in [-0.1, -0.05) is 19.1 Å². The Hall–Kier alpha value is -3.02.